The lowest BCUT2D eigenvalue weighted by Gasteiger charge is -2.41. The molecule has 0 fully saturated rings. The monoisotopic (exact) mass is 344 g/mol. The van der Waals surface area contributed by atoms with E-state index in [1.165, 1.54) is 12.1 Å². The molecule has 1 aromatic heterocycles. The molecule has 0 bridgehead atoms. The Labute approximate surface area is 144 Å². The number of hydrogen-bond donors (Lipinski definition) is 1. The Balaban J connectivity index is 2.11. The number of hydrogen-bond acceptors (Lipinski definition) is 6. The number of rotatable bonds is 2. The van der Waals surface area contributed by atoms with Gasteiger partial charge in [-0.05, 0) is 45.9 Å². The summed E-state index contributed by atoms with van der Waals surface area (Å²) in [6.07, 6.45) is -0.802. The van der Waals surface area contributed by atoms with Crippen molar-refractivity contribution in [3.8, 4) is 5.75 Å². The highest BCUT2D eigenvalue weighted by atomic mass is 16.6. The maximum absolute atomic E-state index is 12.0. The lowest BCUT2D eigenvalue weighted by molar-refractivity contribution is -0.172. The van der Waals surface area contributed by atoms with E-state index in [0.717, 1.165) is 5.57 Å². The molecule has 0 radical (unpaired) electrons. The minimum Gasteiger partial charge on any atom is -0.483 e. The first kappa shape index (κ1) is 17.2. The minimum atomic E-state index is -1.19. The van der Waals surface area contributed by atoms with Gasteiger partial charge in [-0.25, -0.2) is 9.59 Å². The summed E-state index contributed by atoms with van der Waals surface area (Å²) in [5.74, 6) is -0.167. The summed E-state index contributed by atoms with van der Waals surface area (Å²) in [7, 11) is 0. The zero-order chi connectivity index (χ0) is 18.4. The predicted molar refractivity (Wildman–Crippen MR) is 91.5 cm³/mol. The second-order valence-electron chi connectivity index (χ2n) is 6.88. The topological polar surface area (TPSA) is 86.0 Å². The van der Waals surface area contributed by atoms with Crippen LogP contribution in [0.4, 0.5) is 0 Å². The van der Waals surface area contributed by atoms with Crippen LogP contribution in [0.2, 0.25) is 0 Å². The van der Waals surface area contributed by atoms with Gasteiger partial charge in [-0.2, -0.15) is 0 Å². The zero-order valence-electron chi connectivity index (χ0n) is 14.5. The maximum atomic E-state index is 12.0. The standard InChI is InChI=1S/C19H20O6/c1-10(2)9-14(21)24-18-16(22)15-12(25-19(18,3)4)7-5-11-6-8-13(20)23-17(11)15/h5-9,16,18,22H,1-4H3/t16-,18-/m0/s1. The van der Waals surface area contributed by atoms with Crippen LogP contribution in [0.1, 0.15) is 39.4 Å². The molecule has 6 nitrogen and oxygen atoms in total. The Morgan fingerprint density at radius 3 is 2.60 bits per heavy atom. The Kier molecular flexibility index (Phi) is 4.16. The number of allylic oxidation sites excluding steroid dienone is 1. The van der Waals surface area contributed by atoms with Gasteiger partial charge in [0.05, 0.1) is 5.56 Å². The van der Waals surface area contributed by atoms with Gasteiger partial charge in [0.15, 0.2) is 6.10 Å². The number of aliphatic hydroxyl groups excluding tert-OH is 1. The van der Waals surface area contributed by atoms with E-state index < -0.39 is 29.4 Å². The lowest BCUT2D eigenvalue weighted by Crippen LogP contribution is -2.51. The molecule has 0 aliphatic carbocycles. The van der Waals surface area contributed by atoms with Gasteiger partial charge >= 0.3 is 11.6 Å². The molecule has 2 aromatic rings. The van der Waals surface area contributed by atoms with Gasteiger partial charge in [0.2, 0.25) is 0 Å². The number of carbonyl (C=O) groups is 1. The van der Waals surface area contributed by atoms with E-state index in [9.17, 15) is 14.7 Å². The van der Waals surface area contributed by atoms with E-state index in [1.54, 1.807) is 45.9 Å². The molecule has 2 atom stereocenters. The summed E-state index contributed by atoms with van der Waals surface area (Å²) in [6.45, 7) is 7.01. The molecule has 1 aliphatic heterocycles. The van der Waals surface area contributed by atoms with Crippen LogP contribution in [-0.2, 0) is 9.53 Å². The zero-order valence-corrected chi connectivity index (χ0v) is 14.5. The molecule has 3 rings (SSSR count). The summed E-state index contributed by atoms with van der Waals surface area (Å²) < 4.78 is 16.7. The summed E-state index contributed by atoms with van der Waals surface area (Å²) >= 11 is 0. The van der Waals surface area contributed by atoms with Gasteiger partial charge < -0.3 is 19.0 Å². The molecular weight excluding hydrogens is 324 g/mol. The Morgan fingerprint density at radius 1 is 1.24 bits per heavy atom. The van der Waals surface area contributed by atoms with E-state index >= 15 is 0 Å². The quantitative estimate of drug-likeness (QED) is 0.512. The van der Waals surface area contributed by atoms with Gasteiger partial charge in [-0.1, -0.05) is 5.57 Å². The van der Waals surface area contributed by atoms with E-state index in [0.29, 0.717) is 16.7 Å². The van der Waals surface area contributed by atoms with E-state index in [1.807, 2.05) is 0 Å². The van der Waals surface area contributed by atoms with Crippen LogP contribution >= 0.6 is 0 Å². The van der Waals surface area contributed by atoms with Crippen molar-refractivity contribution in [3.63, 3.8) is 0 Å². The van der Waals surface area contributed by atoms with Crippen LogP contribution in [-0.4, -0.2) is 22.8 Å². The van der Waals surface area contributed by atoms with Crippen molar-refractivity contribution >= 4 is 16.9 Å². The van der Waals surface area contributed by atoms with Gasteiger partial charge in [-0.3, -0.25) is 0 Å². The summed E-state index contributed by atoms with van der Waals surface area (Å²) in [5.41, 5.74) is -0.164. The average molecular weight is 344 g/mol. The van der Waals surface area contributed by atoms with Crippen LogP contribution in [0.25, 0.3) is 11.0 Å². The molecule has 1 N–H and O–H groups in total. The number of aliphatic hydroxyl groups is 1. The van der Waals surface area contributed by atoms with Crippen LogP contribution in [0.5, 0.6) is 5.75 Å². The molecule has 6 heteroatoms. The molecule has 0 saturated carbocycles. The average Bonchev–Trinajstić information content (AvgIpc) is 2.49. The second kappa shape index (κ2) is 6.04. The normalized spacial score (nSPS) is 21.2. The van der Waals surface area contributed by atoms with Crippen LogP contribution in [0.3, 0.4) is 0 Å². The molecule has 25 heavy (non-hydrogen) atoms. The van der Waals surface area contributed by atoms with Crippen molar-refractivity contribution < 1.29 is 23.8 Å². The van der Waals surface area contributed by atoms with Crippen molar-refractivity contribution in [1.82, 2.24) is 0 Å². The highest BCUT2D eigenvalue weighted by Gasteiger charge is 2.47. The van der Waals surface area contributed by atoms with Crippen molar-refractivity contribution in [2.24, 2.45) is 0 Å². The molecule has 0 unspecified atom stereocenters. The SMILES string of the molecule is CC(C)=CC(=O)O[C@H]1[C@@H](O)c2c(ccc3ccc(=O)oc23)OC1(C)C. The lowest BCUT2D eigenvalue weighted by atomic mass is 9.87. The third-order valence-electron chi connectivity index (χ3n) is 4.08. The summed E-state index contributed by atoms with van der Waals surface area (Å²) in [6, 6.07) is 6.37. The summed E-state index contributed by atoms with van der Waals surface area (Å²) in [4.78, 5) is 23.6. The van der Waals surface area contributed by atoms with Crippen LogP contribution in [0, 0.1) is 0 Å². The second-order valence-corrected chi connectivity index (χ2v) is 6.88. The first-order chi connectivity index (χ1) is 11.7. The van der Waals surface area contributed by atoms with Gasteiger partial charge in [-0.15, -0.1) is 0 Å². The van der Waals surface area contributed by atoms with Crippen molar-refractivity contribution in [1.29, 1.82) is 0 Å². The third-order valence-corrected chi connectivity index (χ3v) is 4.08. The molecule has 0 amide bonds. The van der Waals surface area contributed by atoms with Crippen LogP contribution in [0.15, 0.2) is 45.1 Å². The van der Waals surface area contributed by atoms with Gasteiger partial charge in [0.1, 0.15) is 23.0 Å². The molecule has 0 saturated heterocycles. The fourth-order valence-corrected chi connectivity index (χ4v) is 2.98. The first-order valence-electron chi connectivity index (χ1n) is 7.98. The smallest absolute Gasteiger partial charge is 0.336 e. The fraction of sp³-hybridized carbons (Fsp3) is 0.368. The summed E-state index contributed by atoms with van der Waals surface area (Å²) in [5, 5.41) is 11.5. The first-order valence-corrected chi connectivity index (χ1v) is 7.98. The number of esters is 1. The Morgan fingerprint density at radius 2 is 1.92 bits per heavy atom. The molecule has 132 valence electrons. The number of ether oxygens (including phenoxy) is 2. The Bertz CT molecular complexity index is 917. The Hall–Kier alpha value is -2.60. The number of carbonyl (C=O) groups excluding carboxylic acids is 1. The largest absolute Gasteiger partial charge is 0.483 e. The van der Waals surface area contributed by atoms with Crippen molar-refractivity contribution in [3.05, 3.63) is 51.9 Å². The molecular formula is C19H20O6. The molecule has 2 heterocycles. The predicted octanol–water partition coefficient (Wildman–Crippen LogP) is 2.88. The molecule has 0 spiro atoms. The van der Waals surface area contributed by atoms with E-state index in [4.69, 9.17) is 13.9 Å². The number of benzene rings is 1. The highest BCUT2D eigenvalue weighted by Crippen LogP contribution is 2.44. The maximum Gasteiger partial charge on any atom is 0.336 e. The van der Waals surface area contributed by atoms with Crippen molar-refractivity contribution in [2.75, 3.05) is 0 Å². The van der Waals surface area contributed by atoms with E-state index in [2.05, 4.69) is 0 Å². The van der Waals surface area contributed by atoms with Gasteiger partial charge in [0.25, 0.3) is 0 Å². The molecule has 1 aromatic carbocycles. The molecule has 1 aliphatic rings. The fourth-order valence-electron chi connectivity index (χ4n) is 2.98. The highest BCUT2D eigenvalue weighted by molar-refractivity contribution is 5.84. The van der Waals surface area contributed by atoms with Crippen LogP contribution < -0.4 is 10.4 Å². The minimum absolute atomic E-state index is 0.233. The van der Waals surface area contributed by atoms with Crippen molar-refractivity contribution in [2.45, 2.75) is 45.5 Å². The van der Waals surface area contributed by atoms with E-state index in [-0.39, 0.29) is 5.58 Å². The van der Waals surface area contributed by atoms with Gasteiger partial charge in [0, 0.05) is 17.5 Å². The third kappa shape index (κ3) is 3.17. The number of fused-ring (bicyclic) bond motifs is 3.